The molecule has 1 aliphatic heterocycles. The number of hydrogen-bond acceptors (Lipinski definition) is 2. The molecule has 0 bridgehead atoms. The number of benzene rings is 1. The van der Waals surface area contributed by atoms with Crippen molar-refractivity contribution < 1.29 is 9.59 Å². The van der Waals surface area contributed by atoms with E-state index in [4.69, 9.17) is 0 Å². The standard InChI is InChI=1S/C20H18N2O2/c1-12-5-2-3-6-14(12)19(23)21-13-9-10-16-15-7-4-8-17(15)20(24)22-18(16)11-13/h2-3,5-6,9-11,16H,4,7-8H2,1H3,(H,22,24). The van der Waals surface area contributed by atoms with E-state index in [0.717, 1.165) is 36.1 Å². The van der Waals surface area contributed by atoms with Crippen molar-refractivity contribution in [3.05, 3.63) is 70.5 Å². The van der Waals surface area contributed by atoms with Crippen molar-refractivity contribution in [2.75, 3.05) is 0 Å². The normalized spacial score (nSPS) is 23.7. The summed E-state index contributed by atoms with van der Waals surface area (Å²) < 4.78 is 0. The van der Waals surface area contributed by atoms with Crippen LogP contribution in [0.3, 0.4) is 0 Å². The molecule has 4 nitrogen and oxygen atoms in total. The molecule has 1 unspecified atom stereocenters. The molecule has 24 heavy (non-hydrogen) atoms. The van der Waals surface area contributed by atoms with Gasteiger partial charge in [-0.15, -0.1) is 0 Å². The van der Waals surface area contributed by atoms with Crippen LogP contribution in [-0.4, -0.2) is 17.5 Å². The molecule has 1 aromatic rings. The van der Waals surface area contributed by atoms with Gasteiger partial charge < -0.3 is 5.32 Å². The smallest absolute Gasteiger partial charge is 0.277 e. The number of aryl methyl sites for hydroxylation is 1. The molecule has 1 heterocycles. The van der Waals surface area contributed by atoms with E-state index in [1.165, 1.54) is 5.57 Å². The van der Waals surface area contributed by atoms with Crippen LogP contribution in [0.15, 0.2) is 64.3 Å². The van der Waals surface area contributed by atoms with Gasteiger partial charge in [0.2, 0.25) is 0 Å². The fourth-order valence-corrected chi connectivity index (χ4v) is 3.65. The molecule has 3 aliphatic rings. The highest BCUT2D eigenvalue weighted by Crippen LogP contribution is 2.39. The summed E-state index contributed by atoms with van der Waals surface area (Å²) in [4.78, 5) is 28.8. The van der Waals surface area contributed by atoms with Gasteiger partial charge in [-0.3, -0.25) is 9.59 Å². The lowest BCUT2D eigenvalue weighted by molar-refractivity contribution is -0.117. The molecular formula is C20H18N2O2. The van der Waals surface area contributed by atoms with Crippen molar-refractivity contribution in [2.45, 2.75) is 26.2 Å². The molecule has 0 radical (unpaired) electrons. The van der Waals surface area contributed by atoms with Gasteiger partial charge in [-0.05, 0) is 55.5 Å². The van der Waals surface area contributed by atoms with Crippen LogP contribution in [0.5, 0.6) is 0 Å². The number of hydrogen-bond donors (Lipinski definition) is 1. The SMILES string of the molecule is Cc1ccccc1C(=O)N=C1C=CC2C(=C1)NC(=O)C1=C2CCC1. The first-order valence-corrected chi connectivity index (χ1v) is 8.25. The number of rotatable bonds is 1. The fourth-order valence-electron chi connectivity index (χ4n) is 3.65. The van der Waals surface area contributed by atoms with Gasteiger partial charge in [0, 0.05) is 22.8 Å². The lowest BCUT2D eigenvalue weighted by Gasteiger charge is -2.28. The van der Waals surface area contributed by atoms with Crippen LogP contribution in [-0.2, 0) is 4.79 Å². The number of nitrogens with zero attached hydrogens (tertiary/aromatic N) is 1. The summed E-state index contributed by atoms with van der Waals surface area (Å²) >= 11 is 0. The third kappa shape index (κ3) is 2.44. The van der Waals surface area contributed by atoms with Crippen LogP contribution in [0.1, 0.15) is 35.2 Å². The summed E-state index contributed by atoms with van der Waals surface area (Å²) in [6, 6.07) is 7.41. The molecule has 1 N–H and O–H groups in total. The number of nitrogens with one attached hydrogen (secondary N) is 1. The predicted octanol–water partition coefficient (Wildman–Crippen LogP) is 3.26. The van der Waals surface area contributed by atoms with Gasteiger partial charge in [-0.1, -0.05) is 24.3 Å². The lowest BCUT2D eigenvalue weighted by Crippen LogP contribution is -2.35. The maximum atomic E-state index is 12.4. The Hall–Kier alpha value is -2.75. The third-order valence-electron chi connectivity index (χ3n) is 4.87. The second-order valence-electron chi connectivity index (χ2n) is 6.40. The lowest BCUT2D eigenvalue weighted by atomic mass is 9.85. The first-order chi connectivity index (χ1) is 11.6. The van der Waals surface area contributed by atoms with Crippen LogP contribution >= 0.6 is 0 Å². The number of carbonyl (C=O) groups excluding carboxylic acids is 2. The van der Waals surface area contributed by atoms with E-state index in [1.807, 2.05) is 43.4 Å². The molecule has 1 aromatic carbocycles. The molecule has 120 valence electrons. The van der Waals surface area contributed by atoms with Crippen LogP contribution in [0, 0.1) is 12.8 Å². The number of aliphatic imine (C=N–C) groups is 1. The van der Waals surface area contributed by atoms with E-state index in [1.54, 1.807) is 6.07 Å². The maximum Gasteiger partial charge on any atom is 0.277 e. The second-order valence-corrected chi connectivity index (χ2v) is 6.40. The van der Waals surface area contributed by atoms with Gasteiger partial charge in [0.15, 0.2) is 0 Å². The minimum absolute atomic E-state index is 0.00452. The van der Waals surface area contributed by atoms with Gasteiger partial charge in [0.25, 0.3) is 11.8 Å². The fraction of sp³-hybridized carbons (Fsp3) is 0.250. The second kappa shape index (κ2) is 5.71. The summed E-state index contributed by atoms with van der Waals surface area (Å²) in [6.07, 6.45) is 8.63. The maximum absolute atomic E-state index is 12.4. The quantitative estimate of drug-likeness (QED) is 0.864. The van der Waals surface area contributed by atoms with Crippen molar-refractivity contribution in [1.82, 2.24) is 5.32 Å². The van der Waals surface area contributed by atoms with Gasteiger partial charge in [0.05, 0.1) is 5.71 Å². The minimum atomic E-state index is -0.258. The van der Waals surface area contributed by atoms with Crippen molar-refractivity contribution in [3.63, 3.8) is 0 Å². The minimum Gasteiger partial charge on any atom is -0.325 e. The highest BCUT2D eigenvalue weighted by Gasteiger charge is 2.34. The van der Waals surface area contributed by atoms with Crippen molar-refractivity contribution in [1.29, 1.82) is 0 Å². The number of amides is 2. The molecule has 0 saturated carbocycles. The number of fused-ring (bicyclic) bond motifs is 2. The van der Waals surface area contributed by atoms with E-state index in [9.17, 15) is 9.59 Å². The van der Waals surface area contributed by atoms with Crippen molar-refractivity contribution >= 4 is 17.5 Å². The molecule has 0 fully saturated rings. The van der Waals surface area contributed by atoms with Gasteiger partial charge in [-0.2, -0.15) is 0 Å². The molecule has 0 aromatic heterocycles. The Balaban J connectivity index is 1.64. The van der Waals surface area contributed by atoms with Crippen LogP contribution in [0.2, 0.25) is 0 Å². The molecule has 2 amide bonds. The van der Waals surface area contributed by atoms with Crippen molar-refractivity contribution in [3.8, 4) is 0 Å². The summed E-state index contributed by atoms with van der Waals surface area (Å²) in [7, 11) is 0. The number of carbonyl (C=O) groups is 2. The summed E-state index contributed by atoms with van der Waals surface area (Å²) in [5.41, 5.74) is 5.09. The zero-order valence-corrected chi connectivity index (χ0v) is 13.5. The summed E-state index contributed by atoms with van der Waals surface area (Å²) in [6.45, 7) is 1.90. The van der Waals surface area contributed by atoms with Crippen LogP contribution < -0.4 is 5.32 Å². The zero-order chi connectivity index (χ0) is 16.7. The molecule has 4 rings (SSSR count). The Labute approximate surface area is 140 Å². The van der Waals surface area contributed by atoms with E-state index < -0.39 is 0 Å². The van der Waals surface area contributed by atoms with Gasteiger partial charge >= 0.3 is 0 Å². The van der Waals surface area contributed by atoms with Gasteiger partial charge in [-0.25, -0.2) is 4.99 Å². The monoisotopic (exact) mass is 318 g/mol. The molecule has 4 heteroatoms. The van der Waals surface area contributed by atoms with Crippen LogP contribution in [0.25, 0.3) is 0 Å². The molecule has 0 saturated heterocycles. The van der Waals surface area contributed by atoms with E-state index >= 15 is 0 Å². The first-order valence-electron chi connectivity index (χ1n) is 8.25. The van der Waals surface area contributed by atoms with Crippen molar-refractivity contribution in [2.24, 2.45) is 10.9 Å². The first kappa shape index (κ1) is 14.8. The Morgan fingerprint density at radius 3 is 2.92 bits per heavy atom. The topological polar surface area (TPSA) is 58.5 Å². The predicted molar refractivity (Wildman–Crippen MR) is 92.7 cm³/mol. The van der Waals surface area contributed by atoms with E-state index in [2.05, 4.69) is 10.3 Å². The Bertz CT molecular complexity index is 871. The highest BCUT2D eigenvalue weighted by atomic mass is 16.2. The summed E-state index contributed by atoms with van der Waals surface area (Å²) in [5.74, 6) is -0.122. The largest absolute Gasteiger partial charge is 0.325 e. The molecule has 2 aliphatic carbocycles. The third-order valence-corrected chi connectivity index (χ3v) is 4.87. The summed E-state index contributed by atoms with van der Waals surface area (Å²) in [5, 5.41) is 2.97. The zero-order valence-electron chi connectivity index (χ0n) is 13.5. The number of allylic oxidation sites excluding steroid dienone is 3. The van der Waals surface area contributed by atoms with Gasteiger partial charge in [0.1, 0.15) is 0 Å². The molecular weight excluding hydrogens is 300 g/mol. The average Bonchev–Trinajstić information content (AvgIpc) is 3.05. The van der Waals surface area contributed by atoms with E-state index in [0.29, 0.717) is 11.3 Å². The Morgan fingerprint density at radius 2 is 2.08 bits per heavy atom. The average molecular weight is 318 g/mol. The molecule has 0 spiro atoms. The Kier molecular flexibility index (Phi) is 3.53. The van der Waals surface area contributed by atoms with Crippen LogP contribution in [0.4, 0.5) is 0 Å². The molecule has 1 atom stereocenters. The highest BCUT2D eigenvalue weighted by molar-refractivity contribution is 6.14. The Morgan fingerprint density at radius 1 is 1.25 bits per heavy atom. The van der Waals surface area contributed by atoms with E-state index in [-0.39, 0.29) is 17.7 Å².